The molecule has 0 saturated carbocycles. The molecule has 1 aliphatic rings. The second kappa shape index (κ2) is 5.45. The van der Waals surface area contributed by atoms with Crippen LogP contribution in [0.15, 0.2) is 73.1 Å². The van der Waals surface area contributed by atoms with Crippen LogP contribution in [0.25, 0.3) is 0 Å². The lowest BCUT2D eigenvalue weighted by Crippen LogP contribution is -2.24. The molecule has 0 radical (unpaired) electrons. The molecule has 0 unspecified atom stereocenters. The molecule has 3 rings (SSSR count). The van der Waals surface area contributed by atoms with Crippen molar-refractivity contribution in [3.8, 4) is 0 Å². The van der Waals surface area contributed by atoms with Crippen molar-refractivity contribution in [2.75, 3.05) is 16.5 Å². The van der Waals surface area contributed by atoms with Gasteiger partial charge < -0.3 is 9.80 Å². The molecule has 2 nitrogen and oxygen atoms in total. The molecular weight excluding hydrogens is 219 g/mol. The molecule has 0 spiro atoms. The van der Waals surface area contributed by atoms with Crippen LogP contribution in [0.2, 0.25) is 0 Å². The number of benzene rings is 2. The van der Waals surface area contributed by atoms with Crippen LogP contribution in [0.4, 0.5) is 11.4 Å². The second-order valence-corrected chi connectivity index (χ2v) is 4.05. The highest BCUT2D eigenvalue weighted by Gasteiger charge is 2.14. The molecule has 3 heteroatoms. The quantitative estimate of drug-likeness (QED) is 0.738. The van der Waals surface area contributed by atoms with E-state index in [1.165, 1.54) is 11.4 Å². The van der Waals surface area contributed by atoms with E-state index in [-0.39, 0.29) is 8.41 Å². The van der Waals surface area contributed by atoms with Crippen molar-refractivity contribution < 1.29 is 0 Å². The smallest absolute Gasteiger partial charge is 0.0989 e. The summed E-state index contributed by atoms with van der Waals surface area (Å²) in [7, 11) is 0. The molecule has 0 aromatic heterocycles. The first-order valence-electron chi connectivity index (χ1n) is 5.75. The Balaban J connectivity index is 0.00000120. The van der Waals surface area contributed by atoms with Crippen molar-refractivity contribution in [2.45, 2.75) is 0 Å². The molecule has 0 saturated heterocycles. The first-order valence-corrected chi connectivity index (χ1v) is 5.75. The van der Waals surface area contributed by atoms with Gasteiger partial charge in [0.25, 0.3) is 0 Å². The summed E-state index contributed by atoms with van der Waals surface area (Å²) < 4.78 is 0. The number of hydrogen-bond donors (Lipinski definition) is 0. The minimum absolute atomic E-state index is 0. The van der Waals surface area contributed by atoms with Crippen molar-refractivity contribution in [3.63, 3.8) is 0 Å². The third-order valence-corrected chi connectivity index (χ3v) is 2.91. The van der Waals surface area contributed by atoms with E-state index in [2.05, 4.69) is 70.7 Å². The van der Waals surface area contributed by atoms with Gasteiger partial charge in [0.1, 0.15) is 0 Å². The molecule has 1 aliphatic heterocycles. The third-order valence-electron chi connectivity index (χ3n) is 2.91. The number of hydrogen-bond acceptors (Lipinski definition) is 2. The number of rotatable bonds is 2. The van der Waals surface area contributed by atoms with Crippen LogP contribution in [0.1, 0.15) is 0 Å². The maximum Gasteiger partial charge on any atom is 0.0989 e. The van der Waals surface area contributed by atoms with E-state index in [1.807, 2.05) is 12.1 Å². The molecule has 90 valence electrons. The standard InChI is InChI=1S/C15H14N2.BH3/c1-3-7-14(8-4-1)16-11-12-17(13-16)15-9-5-2-6-10-15;/h1-12H,13H2;1H3. The average Bonchev–Trinajstić information content (AvgIpc) is 2.90. The van der Waals surface area contributed by atoms with Crippen LogP contribution in [0.5, 0.6) is 0 Å². The van der Waals surface area contributed by atoms with E-state index in [9.17, 15) is 0 Å². The maximum atomic E-state index is 2.23. The van der Waals surface area contributed by atoms with Gasteiger partial charge in [-0.25, -0.2) is 0 Å². The normalized spacial score (nSPS) is 13.6. The van der Waals surface area contributed by atoms with E-state index < -0.39 is 0 Å². The number of nitrogens with zero attached hydrogens (tertiary/aromatic N) is 2. The summed E-state index contributed by atoms with van der Waals surface area (Å²) in [4.78, 5) is 4.46. The lowest BCUT2D eigenvalue weighted by atomic mass is 10.3. The van der Waals surface area contributed by atoms with Crippen molar-refractivity contribution in [2.24, 2.45) is 0 Å². The first-order chi connectivity index (χ1) is 8.43. The Hall–Kier alpha value is -2.16. The maximum absolute atomic E-state index is 2.23. The number of anilines is 2. The fourth-order valence-electron chi connectivity index (χ4n) is 1.99. The zero-order chi connectivity index (χ0) is 11.5. The third kappa shape index (κ3) is 2.40. The lowest BCUT2D eigenvalue weighted by molar-refractivity contribution is 0.976. The summed E-state index contributed by atoms with van der Waals surface area (Å²) in [5, 5.41) is 0. The predicted octanol–water partition coefficient (Wildman–Crippen LogP) is 2.26. The van der Waals surface area contributed by atoms with E-state index in [4.69, 9.17) is 0 Å². The zero-order valence-corrected chi connectivity index (χ0v) is 9.53. The Morgan fingerprint density at radius 2 is 1.00 bits per heavy atom. The summed E-state index contributed by atoms with van der Waals surface area (Å²) in [6.07, 6.45) is 4.23. The predicted molar refractivity (Wildman–Crippen MR) is 81.8 cm³/mol. The minimum atomic E-state index is 0. The fraction of sp³-hybridized carbons (Fsp3) is 0.0667. The van der Waals surface area contributed by atoms with Crippen molar-refractivity contribution in [3.05, 3.63) is 73.1 Å². The van der Waals surface area contributed by atoms with Gasteiger partial charge in [0.2, 0.25) is 0 Å². The monoisotopic (exact) mass is 236 g/mol. The summed E-state index contributed by atoms with van der Waals surface area (Å²) in [6, 6.07) is 20.8. The van der Waals surface area contributed by atoms with E-state index in [0.717, 1.165) is 6.67 Å². The Kier molecular flexibility index (Phi) is 3.73. The van der Waals surface area contributed by atoms with Gasteiger partial charge in [-0.1, -0.05) is 36.4 Å². The van der Waals surface area contributed by atoms with Crippen LogP contribution >= 0.6 is 0 Å². The summed E-state index contributed by atoms with van der Waals surface area (Å²) in [5.41, 5.74) is 2.45. The molecule has 0 N–H and O–H groups in total. The highest BCUT2D eigenvalue weighted by molar-refractivity contribution is 5.75. The van der Waals surface area contributed by atoms with Crippen molar-refractivity contribution >= 4 is 19.8 Å². The van der Waals surface area contributed by atoms with Crippen LogP contribution < -0.4 is 9.80 Å². The van der Waals surface area contributed by atoms with Gasteiger partial charge >= 0.3 is 0 Å². The van der Waals surface area contributed by atoms with Crippen LogP contribution in [-0.4, -0.2) is 15.1 Å². The molecule has 0 amide bonds. The molecule has 2 aromatic carbocycles. The summed E-state index contributed by atoms with van der Waals surface area (Å²) in [5.74, 6) is 0. The SMILES string of the molecule is B.C1=CN(c2ccccc2)CN1c1ccccc1. The second-order valence-electron chi connectivity index (χ2n) is 4.05. The largest absolute Gasteiger partial charge is 0.328 e. The van der Waals surface area contributed by atoms with E-state index >= 15 is 0 Å². The highest BCUT2D eigenvalue weighted by Crippen LogP contribution is 2.23. The van der Waals surface area contributed by atoms with Gasteiger partial charge in [0.15, 0.2) is 0 Å². The van der Waals surface area contributed by atoms with Crippen molar-refractivity contribution in [1.82, 2.24) is 0 Å². The van der Waals surface area contributed by atoms with Gasteiger partial charge in [-0.05, 0) is 24.3 Å². The minimum Gasteiger partial charge on any atom is -0.328 e. The molecule has 0 bridgehead atoms. The van der Waals surface area contributed by atoms with Gasteiger partial charge in [-0.2, -0.15) is 0 Å². The first kappa shape index (κ1) is 12.3. The van der Waals surface area contributed by atoms with Crippen LogP contribution in [-0.2, 0) is 0 Å². The fourth-order valence-corrected chi connectivity index (χ4v) is 1.99. The molecule has 0 fully saturated rings. The van der Waals surface area contributed by atoms with Crippen LogP contribution in [0, 0.1) is 0 Å². The number of para-hydroxylation sites is 2. The average molecular weight is 236 g/mol. The molecule has 0 atom stereocenters. The van der Waals surface area contributed by atoms with Crippen molar-refractivity contribution in [1.29, 1.82) is 0 Å². The molecule has 18 heavy (non-hydrogen) atoms. The lowest BCUT2D eigenvalue weighted by Gasteiger charge is -2.21. The Morgan fingerprint density at radius 1 is 0.611 bits per heavy atom. The Morgan fingerprint density at radius 3 is 1.39 bits per heavy atom. The molecule has 0 aliphatic carbocycles. The van der Waals surface area contributed by atoms with Gasteiger partial charge in [0.05, 0.1) is 15.1 Å². The van der Waals surface area contributed by atoms with Gasteiger partial charge in [0, 0.05) is 23.8 Å². The summed E-state index contributed by atoms with van der Waals surface area (Å²) in [6.45, 7) is 0.869. The Bertz CT molecular complexity index is 463. The molecular formula is C15H17BN2. The zero-order valence-electron chi connectivity index (χ0n) is 9.53. The highest BCUT2D eigenvalue weighted by atomic mass is 15.3. The molecule has 2 aromatic rings. The molecule has 1 heterocycles. The van der Waals surface area contributed by atoms with Crippen LogP contribution in [0.3, 0.4) is 0 Å². The Labute approximate surface area is 110 Å². The van der Waals surface area contributed by atoms with Gasteiger partial charge in [-0.3, -0.25) is 0 Å². The van der Waals surface area contributed by atoms with Gasteiger partial charge in [-0.15, -0.1) is 0 Å². The van der Waals surface area contributed by atoms with E-state index in [0.29, 0.717) is 0 Å². The topological polar surface area (TPSA) is 6.48 Å². The summed E-state index contributed by atoms with van der Waals surface area (Å²) >= 11 is 0. The van der Waals surface area contributed by atoms with E-state index in [1.54, 1.807) is 0 Å².